The van der Waals surface area contributed by atoms with Crippen LogP contribution in [-0.2, 0) is 0 Å². The van der Waals surface area contributed by atoms with E-state index in [9.17, 15) is 0 Å². The number of hydrogen-bond donors (Lipinski definition) is 0. The lowest BCUT2D eigenvalue weighted by molar-refractivity contribution is 1.15. The lowest BCUT2D eigenvalue weighted by atomic mass is 10.0. The Morgan fingerprint density at radius 2 is 0.686 bits per heavy atom. The molecule has 0 N–H and O–H groups in total. The molecule has 14 aromatic rings. The van der Waals surface area contributed by atoms with Crippen LogP contribution in [0.25, 0.3) is 93.6 Å². The summed E-state index contributed by atoms with van der Waals surface area (Å²) in [6.07, 6.45) is 0. The number of hydrogen-bond acceptors (Lipinski definition) is 0. The maximum absolute atomic E-state index is 2.90. The summed E-state index contributed by atoms with van der Waals surface area (Å²) in [5.74, 6) is 0. The molecule has 14 rings (SSSR count). The van der Waals surface area contributed by atoms with Crippen LogP contribution < -0.4 is 20.7 Å². The minimum Gasteiger partial charge on any atom is -0.309 e. The third-order valence-corrected chi connectivity index (χ3v) is 19.6. The van der Waals surface area contributed by atoms with Crippen molar-refractivity contribution >= 4 is 94.2 Å². The highest BCUT2D eigenvalue weighted by Crippen LogP contribution is 2.42. The predicted octanol–water partition coefficient (Wildman–Crippen LogP) is 14.0. The number of benzene rings is 11. The van der Waals surface area contributed by atoms with Crippen molar-refractivity contribution in [2.24, 2.45) is 0 Å². The summed E-state index contributed by atoms with van der Waals surface area (Å²) in [6, 6.07) is 101. The van der Waals surface area contributed by atoms with Crippen molar-refractivity contribution in [1.82, 2.24) is 13.7 Å². The van der Waals surface area contributed by atoms with Gasteiger partial charge in [0.15, 0.2) is 8.07 Å². The molecule has 70 heavy (non-hydrogen) atoms. The zero-order valence-corrected chi connectivity index (χ0v) is 39.3. The van der Waals surface area contributed by atoms with E-state index in [0.29, 0.717) is 0 Å². The SMILES string of the molecule is c1ccc(-c2ccccc2-n2c3ccccc3c3ccc(-n4c5ccc([Si](c6ccccc6)(c6ccccc6)c6ccccc6)cc5c5c(-n6c7ccccc7c7ccccc76)cccc54)cc32)cc1. The van der Waals surface area contributed by atoms with Gasteiger partial charge in [-0.25, -0.2) is 0 Å². The van der Waals surface area contributed by atoms with Gasteiger partial charge in [-0.15, -0.1) is 0 Å². The number of fused-ring (bicyclic) bond motifs is 9. The van der Waals surface area contributed by atoms with Crippen molar-refractivity contribution in [2.75, 3.05) is 0 Å². The molecule has 0 aliphatic rings. The molecule has 0 fully saturated rings. The molecule has 0 amide bonds. The minimum absolute atomic E-state index is 1.11. The van der Waals surface area contributed by atoms with Crippen LogP contribution in [-0.4, -0.2) is 21.8 Å². The third-order valence-electron chi connectivity index (χ3n) is 14.8. The second-order valence-corrected chi connectivity index (χ2v) is 22.2. The molecular formula is C66H45N3Si. The third kappa shape index (κ3) is 5.94. The lowest BCUT2D eigenvalue weighted by Crippen LogP contribution is -2.74. The fraction of sp³-hybridized carbons (Fsp3) is 0. The van der Waals surface area contributed by atoms with Gasteiger partial charge in [0.25, 0.3) is 0 Å². The molecule has 0 atom stereocenters. The van der Waals surface area contributed by atoms with Gasteiger partial charge in [-0.3, -0.25) is 0 Å². The molecule has 0 radical (unpaired) electrons. The molecule has 0 aliphatic carbocycles. The van der Waals surface area contributed by atoms with E-state index in [-0.39, 0.29) is 0 Å². The maximum Gasteiger partial charge on any atom is 0.179 e. The van der Waals surface area contributed by atoms with Gasteiger partial charge < -0.3 is 13.7 Å². The van der Waals surface area contributed by atoms with Gasteiger partial charge in [0.05, 0.1) is 44.5 Å². The Balaban J connectivity index is 1.11. The van der Waals surface area contributed by atoms with Crippen LogP contribution >= 0.6 is 0 Å². The van der Waals surface area contributed by atoms with Crippen LogP contribution in [0.2, 0.25) is 0 Å². The normalized spacial score (nSPS) is 12.0. The quantitative estimate of drug-likeness (QED) is 0.107. The Labute approximate surface area is 407 Å². The molecule has 3 aromatic heterocycles. The Bertz CT molecular complexity index is 4130. The van der Waals surface area contributed by atoms with Crippen LogP contribution in [0.1, 0.15) is 0 Å². The van der Waals surface area contributed by atoms with Gasteiger partial charge in [-0.1, -0.05) is 218 Å². The summed E-state index contributed by atoms with van der Waals surface area (Å²) >= 11 is 0. The molecule has 0 saturated carbocycles. The van der Waals surface area contributed by atoms with E-state index in [4.69, 9.17) is 0 Å². The van der Waals surface area contributed by atoms with E-state index < -0.39 is 8.07 Å². The first-order chi connectivity index (χ1) is 34.8. The van der Waals surface area contributed by atoms with Crippen molar-refractivity contribution in [1.29, 1.82) is 0 Å². The molecule has 0 spiro atoms. The Hall–Kier alpha value is -8.96. The summed E-state index contributed by atoms with van der Waals surface area (Å²) in [4.78, 5) is 0. The zero-order chi connectivity index (χ0) is 46.2. The average molecular weight is 908 g/mol. The van der Waals surface area contributed by atoms with Crippen LogP contribution in [0.3, 0.4) is 0 Å². The lowest BCUT2D eigenvalue weighted by Gasteiger charge is -2.34. The van der Waals surface area contributed by atoms with Gasteiger partial charge in [0.1, 0.15) is 0 Å². The van der Waals surface area contributed by atoms with Crippen molar-refractivity contribution in [3.8, 4) is 28.2 Å². The first-order valence-electron chi connectivity index (χ1n) is 24.2. The highest BCUT2D eigenvalue weighted by molar-refractivity contribution is 7.20. The molecule has 0 unspecified atom stereocenters. The predicted molar refractivity (Wildman–Crippen MR) is 299 cm³/mol. The molecule has 11 aromatic carbocycles. The van der Waals surface area contributed by atoms with Gasteiger partial charge >= 0.3 is 0 Å². The largest absolute Gasteiger partial charge is 0.309 e. The molecule has 3 nitrogen and oxygen atoms in total. The van der Waals surface area contributed by atoms with E-state index in [0.717, 1.165) is 33.6 Å². The van der Waals surface area contributed by atoms with Gasteiger partial charge in [0.2, 0.25) is 0 Å². The van der Waals surface area contributed by atoms with Crippen LogP contribution in [0.5, 0.6) is 0 Å². The van der Waals surface area contributed by atoms with Crippen LogP contribution in [0, 0.1) is 0 Å². The molecule has 0 bridgehead atoms. The second kappa shape index (κ2) is 16.1. The zero-order valence-electron chi connectivity index (χ0n) is 38.3. The summed E-state index contributed by atoms with van der Waals surface area (Å²) < 4.78 is 7.50. The molecule has 0 saturated heterocycles. The summed E-state index contributed by atoms with van der Waals surface area (Å²) in [6.45, 7) is 0. The van der Waals surface area contributed by atoms with E-state index in [1.807, 2.05) is 0 Å². The fourth-order valence-electron chi connectivity index (χ4n) is 11.9. The van der Waals surface area contributed by atoms with Gasteiger partial charge in [0, 0.05) is 43.6 Å². The van der Waals surface area contributed by atoms with Crippen LogP contribution in [0.15, 0.2) is 273 Å². The maximum atomic E-state index is 2.57. The van der Waals surface area contributed by atoms with Gasteiger partial charge in [-0.2, -0.15) is 0 Å². The summed E-state index contributed by atoms with van der Waals surface area (Å²) in [5, 5.41) is 12.8. The Morgan fingerprint density at radius 3 is 1.27 bits per heavy atom. The van der Waals surface area contributed by atoms with Crippen molar-refractivity contribution < 1.29 is 0 Å². The number of nitrogens with zero attached hydrogens (tertiary/aromatic N) is 3. The van der Waals surface area contributed by atoms with E-state index in [1.54, 1.807) is 0 Å². The number of aromatic nitrogens is 3. The molecule has 3 heterocycles. The Kier molecular flexibility index (Phi) is 9.23. The summed E-state index contributed by atoms with van der Waals surface area (Å²) in [7, 11) is -2.90. The van der Waals surface area contributed by atoms with Crippen LogP contribution in [0.4, 0.5) is 0 Å². The summed E-state index contributed by atoms with van der Waals surface area (Å²) in [5.41, 5.74) is 12.9. The van der Waals surface area contributed by atoms with E-state index >= 15 is 0 Å². The standard InChI is InChI=1S/C66H45N3Si/c1-5-22-46(23-6-1)52-30-13-17-34-58(52)69-61-37-20-16-33-55(61)56-42-40-47(44-65(56)69)67-62-43-41-51(70(48-24-7-2-8-25-48,49-26-9-3-10-27-49)50-28-11-4-12-29-50)45-57(62)66-63(67)38-21-39-64(66)68-59-35-18-14-31-53(59)54-32-15-19-36-60(54)68/h1-45H. The fourth-order valence-corrected chi connectivity index (χ4v) is 16.7. The van der Waals surface area contributed by atoms with E-state index in [1.165, 1.54) is 80.7 Å². The first kappa shape index (κ1) is 40.1. The van der Waals surface area contributed by atoms with Gasteiger partial charge in [-0.05, 0) is 80.9 Å². The number of para-hydroxylation sites is 4. The Morgan fingerprint density at radius 1 is 0.243 bits per heavy atom. The molecule has 328 valence electrons. The molecule has 4 heteroatoms. The highest BCUT2D eigenvalue weighted by atomic mass is 28.3. The van der Waals surface area contributed by atoms with Crippen molar-refractivity contribution in [2.45, 2.75) is 0 Å². The highest BCUT2D eigenvalue weighted by Gasteiger charge is 2.41. The van der Waals surface area contributed by atoms with Crippen molar-refractivity contribution in [3.05, 3.63) is 273 Å². The first-order valence-corrected chi connectivity index (χ1v) is 26.2. The van der Waals surface area contributed by atoms with Crippen molar-refractivity contribution in [3.63, 3.8) is 0 Å². The number of rotatable bonds is 8. The smallest absolute Gasteiger partial charge is 0.179 e. The second-order valence-electron chi connectivity index (χ2n) is 18.4. The molecular weight excluding hydrogens is 863 g/mol. The monoisotopic (exact) mass is 907 g/mol. The van der Waals surface area contributed by atoms with E-state index in [2.05, 4.69) is 287 Å². The minimum atomic E-state index is -2.90. The molecule has 0 aliphatic heterocycles. The topological polar surface area (TPSA) is 14.8 Å². The average Bonchev–Trinajstić information content (AvgIpc) is 4.08.